The molecule has 1 fully saturated rings. The summed E-state index contributed by atoms with van der Waals surface area (Å²) in [6.07, 6.45) is 3.39. The first kappa shape index (κ1) is 20.9. The lowest BCUT2D eigenvalue weighted by molar-refractivity contribution is -0.120. The molecule has 1 aliphatic heterocycles. The minimum absolute atomic E-state index is 0.0172. The fourth-order valence-corrected chi connectivity index (χ4v) is 4.16. The van der Waals surface area contributed by atoms with Crippen molar-refractivity contribution in [1.82, 2.24) is 24.8 Å². The lowest BCUT2D eigenvalue weighted by Crippen LogP contribution is -2.48. The van der Waals surface area contributed by atoms with E-state index in [1.807, 2.05) is 71.2 Å². The summed E-state index contributed by atoms with van der Waals surface area (Å²) >= 11 is 0. The van der Waals surface area contributed by atoms with Crippen LogP contribution in [0.5, 0.6) is 5.75 Å². The Bertz CT molecular complexity index is 1320. The van der Waals surface area contributed by atoms with Gasteiger partial charge in [-0.1, -0.05) is 24.3 Å². The molecule has 33 heavy (non-hydrogen) atoms. The summed E-state index contributed by atoms with van der Waals surface area (Å²) in [6, 6.07) is 15.9. The number of piperazine rings is 1. The van der Waals surface area contributed by atoms with Gasteiger partial charge in [0.15, 0.2) is 0 Å². The SMILES string of the molecule is COc1cccc(-c2cn(C)c(CCc3nc(N4CCNC(=O)C4)c4ccccc4n3)n2)c1. The Hall–Kier alpha value is -3.94. The van der Waals surface area contributed by atoms with E-state index in [0.717, 1.165) is 51.9 Å². The first-order valence-electron chi connectivity index (χ1n) is 11.0. The van der Waals surface area contributed by atoms with Gasteiger partial charge in [-0.2, -0.15) is 0 Å². The Labute approximate surface area is 192 Å². The normalized spacial score (nSPS) is 13.9. The molecule has 168 valence electrons. The van der Waals surface area contributed by atoms with Gasteiger partial charge in [-0.15, -0.1) is 0 Å². The molecule has 2 aromatic heterocycles. The maximum absolute atomic E-state index is 12.0. The highest BCUT2D eigenvalue weighted by molar-refractivity contribution is 5.92. The fraction of sp³-hybridized carbons (Fsp3) is 0.280. The lowest BCUT2D eigenvalue weighted by atomic mass is 10.1. The zero-order chi connectivity index (χ0) is 22.8. The standard InChI is InChI=1S/C25H26N6O2/c1-30-15-21(17-6-5-7-18(14-17)33-2)28-23(30)11-10-22-27-20-9-4-3-8-19(20)25(29-22)31-13-12-26-24(32)16-31/h3-9,14-15H,10-13,16H2,1-2H3,(H,26,32). The summed E-state index contributed by atoms with van der Waals surface area (Å²) in [5.74, 6) is 3.36. The second kappa shape index (κ2) is 8.90. The average Bonchev–Trinajstić information content (AvgIpc) is 3.22. The topological polar surface area (TPSA) is 85.2 Å². The van der Waals surface area contributed by atoms with Gasteiger partial charge in [0.05, 0.1) is 24.9 Å². The van der Waals surface area contributed by atoms with Crippen molar-refractivity contribution in [2.24, 2.45) is 7.05 Å². The number of ether oxygens (including phenoxy) is 1. The third kappa shape index (κ3) is 4.37. The number of methoxy groups -OCH3 is 1. The van der Waals surface area contributed by atoms with Crippen molar-refractivity contribution >= 4 is 22.6 Å². The number of hydrogen-bond donors (Lipinski definition) is 1. The summed E-state index contributed by atoms with van der Waals surface area (Å²) in [4.78, 5) is 28.5. The molecule has 0 aliphatic carbocycles. The second-order valence-electron chi connectivity index (χ2n) is 8.14. The monoisotopic (exact) mass is 442 g/mol. The number of fused-ring (bicyclic) bond motifs is 1. The van der Waals surface area contributed by atoms with Gasteiger partial charge in [0.25, 0.3) is 0 Å². The lowest BCUT2D eigenvalue weighted by Gasteiger charge is -2.28. The number of imidazole rings is 1. The van der Waals surface area contributed by atoms with E-state index >= 15 is 0 Å². The number of benzene rings is 2. The van der Waals surface area contributed by atoms with Crippen LogP contribution in [0.1, 0.15) is 11.6 Å². The van der Waals surface area contributed by atoms with Crippen molar-refractivity contribution in [3.8, 4) is 17.0 Å². The highest BCUT2D eigenvalue weighted by Crippen LogP contribution is 2.26. The number of carbonyl (C=O) groups excluding carboxylic acids is 1. The molecule has 0 atom stereocenters. The quantitative estimate of drug-likeness (QED) is 0.494. The van der Waals surface area contributed by atoms with E-state index in [4.69, 9.17) is 19.7 Å². The van der Waals surface area contributed by atoms with Crippen molar-refractivity contribution in [2.45, 2.75) is 12.8 Å². The van der Waals surface area contributed by atoms with Gasteiger partial charge < -0.3 is 19.5 Å². The molecule has 1 N–H and O–H groups in total. The molecular formula is C25H26N6O2. The number of carbonyl (C=O) groups is 1. The first-order chi connectivity index (χ1) is 16.1. The van der Waals surface area contributed by atoms with Crippen molar-refractivity contribution in [2.75, 3.05) is 31.6 Å². The van der Waals surface area contributed by atoms with Gasteiger partial charge >= 0.3 is 0 Å². The maximum Gasteiger partial charge on any atom is 0.239 e. The van der Waals surface area contributed by atoms with E-state index < -0.39 is 0 Å². The summed E-state index contributed by atoms with van der Waals surface area (Å²) in [5, 5.41) is 3.84. The van der Waals surface area contributed by atoms with Crippen LogP contribution in [-0.2, 0) is 24.7 Å². The number of rotatable bonds is 6. The number of nitrogens with zero attached hydrogens (tertiary/aromatic N) is 5. The number of aromatic nitrogens is 4. The molecule has 0 spiro atoms. The van der Waals surface area contributed by atoms with Crippen LogP contribution in [0, 0.1) is 0 Å². The van der Waals surface area contributed by atoms with Crippen LogP contribution in [0.4, 0.5) is 5.82 Å². The second-order valence-corrected chi connectivity index (χ2v) is 8.14. The molecule has 5 rings (SSSR count). The van der Waals surface area contributed by atoms with Crippen molar-refractivity contribution < 1.29 is 9.53 Å². The molecular weight excluding hydrogens is 416 g/mol. The molecule has 0 radical (unpaired) electrons. The number of anilines is 1. The van der Waals surface area contributed by atoms with Gasteiger partial charge in [0, 0.05) is 50.1 Å². The number of para-hydroxylation sites is 1. The number of aryl methyl sites for hydroxylation is 3. The van der Waals surface area contributed by atoms with Crippen LogP contribution >= 0.6 is 0 Å². The summed E-state index contributed by atoms with van der Waals surface area (Å²) in [5.41, 5.74) is 2.81. The van der Waals surface area contributed by atoms with Gasteiger partial charge in [0.1, 0.15) is 23.2 Å². The molecule has 8 heteroatoms. The van der Waals surface area contributed by atoms with E-state index in [1.54, 1.807) is 7.11 Å². The predicted molar refractivity (Wildman–Crippen MR) is 127 cm³/mol. The van der Waals surface area contributed by atoms with Crippen LogP contribution in [0.2, 0.25) is 0 Å². The number of amides is 1. The van der Waals surface area contributed by atoms with Gasteiger partial charge in [0.2, 0.25) is 5.91 Å². The van der Waals surface area contributed by atoms with Crippen LogP contribution in [0.15, 0.2) is 54.7 Å². The Kier molecular flexibility index (Phi) is 5.64. The summed E-state index contributed by atoms with van der Waals surface area (Å²) < 4.78 is 7.39. The van der Waals surface area contributed by atoms with Crippen molar-refractivity contribution in [3.05, 3.63) is 66.4 Å². The Balaban J connectivity index is 1.41. The van der Waals surface area contributed by atoms with Crippen LogP contribution in [0.25, 0.3) is 22.2 Å². The molecule has 1 amide bonds. The molecule has 1 saturated heterocycles. The minimum Gasteiger partial charge on any atom is -0.497 e. The zero-order valence-corrected chi connectivity index (χ0v) is 18.8. The summed E-state index contributed by atoms with van der Waals surface area (Å²) in [7, 11) is 3.67. The van der Waals surface area contributed by atoms with Crippen molar-refractivity contribution in [3.63, 3.8) is 0 Å². The first-order valence-corrected chi connectivity index (χ1v) is 11.0. The third-order valence-electron chi connectivity index (χ3n) is 5.88. The minimum atomic E-state index is 0.0172. The Morgan fingerprint density at radius 3 is 2.79 bits per heavy atom. The number of nitrogens with one attached hydrogen (secondary N) is 1. The largest absolute Gasteiger partial charge is 0.497 e. The van der Waals surface area contributed by atoms with Gasteiger partial charge in [-0.05, 0) is 24.3 Å². The van der Waals surface area contributed by atoms with Crippen molar-refractivity contribution in [1.29, 1.82) is 0 Å². The summed E-state index contributed by atoms with van der Waals surface area (Å²) in [6.45, 7) is 1.66. The van der Waals surface area contributed by atoms with Crippen LogP contribution in [-0.4, -0.2) is 52.2 Å². The van der Waals surface area contributed by atoms with E-state index in [-0.39, 0.29) is 5.91 Å². The molecule has 0 saturated carbocycles. The molecule has 8 nitrogen and oxygen atoms in total. The molecule has 3 heterocycles. The zero-order valence-electron chi connectivity index (χ0n) is 18.8. The van der Waals surface area contributed by atoms with Crippen LogP contribution < -0.4 is 15.0 Å². The molecule has 2 aromatic carbocycles. The van der Waals surface area contributed by atoms with E-state index in [2.05, 4.69) is 5.32 Å². The van der Waals surface area contributed by atoms with E-state index in [0.29, 0.717) is 25.9 Å². The number of hydrogen-bond acceptors (Lipinski definition) is 6. The third-order valence-corrected chi connectivity index (χ3v) is 5.88. The van der Waals surface area contributed by atoms with Crippen LogP contribution in [0.3, 0.4) is 0 Å². The van der Waals surface area contributed by atoms with Gasteiger partial charge in [-0.25, -0.2) is 15.0 Å². The highest BCUT2D eigenvalue weighted by atomic mass is 16.5. The molecule has 4 aromatic rings. The smallest absolute Gasteiger partial charge is 0.239 e. The molecule has 0 unspecified atom stereocenters. The Morgan fingerprint density at radius 1 is 1.06 bits per heavy atom. The fourth-order valence-electron chi connectivity index (χ4n) is 4.16. The predicted octanol–water partition coefficient (Wildman–Crippen LogP) is 2.76. The average molecular weight is 443 g/mol. The molecule has 0 bridgehead atoms. The maximum atomic E-state index is 12.0. The van der Waals surface area contributed by atoms with E-state index in [1.165, 1.54) is 0 Å². The Morgan fingerprint density at radius 2 is 1.94 bits per heavy atom. The van der Waals surface area contributed by atoms with Gasteiger partial charge in [-0.3, -0.25) is 4.79 Å². The molecule has 1 aliphatic rings. The van der Waals surface area contributed by atoms with E-state index in [9.17, 15) is 4.79 Å². The highest BCUT2D eigenvalue weighted by Gasteiger charge is 2.21.